The number of carboxylic acids is 1. The number of aliphatic hydroxyl groups is 2. The number of hydrogen-bond donors (Lipinski definition) is 8. The molecule has 2 aromatic carbocycles. The van der Waals surface area contributed by atoms with Gasteiger partial charge in [-0.3, -0.25) is 33.6 Å². The highest BCUT2D eigenvalue weighted by Crippen LogP contribution is 2.70. The lowest BCUT2D eigenvalue weighted by Gasteiger charge is -2.68. The minimum atomic E-state index is -1.46. The molecule has 0 unspecified atom stereocenters. The van der Waals surface area contributed by atoms with Gasteiger partial charge in [0.25, 0.3) is 0 Å². The Labute approximate surface area is 403 Å². The van der Waals surface area contributed by atoms with Gasteiger partial charge in [-0.25, -0.2) is 10.7 Å². The number of aliphatic hydroxyl groups excluding tert-OH is 2. The van der Waals surface area contributed by atoms with E-state index in [0.29, 0.717) is 48.2 Å². The number of ketones is 2. The highest BCUT2D eigenvalue weighted by Gasteiger charge is 2.76. The summed E-state index contributed by atoms with van der Waals surface area (Å²) >= 11 is 0. The Morgan fingerprint density at radius 3 is 2.40 bits per heavy atom. The molecule has 2 aromatic rings. The Balaban J connectivity index is 0.741. The highest BCUT2D eigenvalue weighted by molar-refractivity contribution is 6.01. The molecule has 1 heterocycles. The quantitative estimate of drug-likeness (QED) is 0.0996. The zero-order valence-corrected chi connectivity index (χ0v) is 38.9. The lowest BCUT2D eigenvalue weighted by atomic mass is 9.46. The molecule has 10 atom stereocenters. The SMILES string of the molecule is C[C@]12C=CC(=O)C=C1CC[C@@H]1[C@@H]2[C@@H](O)C[C@@]2(C)[C@H]1C[C@H]1O[C@@H](c3ccc(OC45CC(NC(=O)OCc6ccc(NC(=O)[C@H](CCC(=O)O)NC(=O)CNC(=O)CON)cc6)(C4)C5)cc3)O[C@]12C(=O)CO. The number of hydrogen-bond acceptors (Lipinski definition) is 15. The van der Waals surface area contributed by atoms with Crippen LogP contribution in [0.25, 0.3) is 0 Å². The van der Waals surface area contributed by atoms with E-state index in [1.807, 2.05) is 37.3 Å². The number of carbonyl (C=O) groups excluding carboxylic acids is 6. The number of allylic oxidation sites excluding steroid dienone is 4. The predicted octanol–water partition coefficient (Wildman–Crippen LogP) is 2.56. The van der Waals surface area contributed by atoms with E-state index in [-0.39, 0.29) is 43.0 Å². The fourth-order valence-electron chi connectivity index (χ4n) is 13.1. The van der Waals surface area contributed by atoms with Gasteiger partial charge in [-0.1, -0.05) is 49.8 Å². The number of nitrogens with two attached hydrogens (primary N) is 1. The number of benzene rings is 2. The number of amides is 4. The van der Waals surface area contributed by atoms with Crippen molar-refractivity contribution in [3.05, 3.63) is 83.5 Å². The first-order valence-corrected chi connectivity index (χ1v) is 23.7. The van der Waals surface area contributed by atoms with Gasteiger partial charge in [-0.05, 0) is 85.9 Å². The van der Waals surface area contributed by atoms with Gasteiger partial charge in [-0.15, -0.1) is 0 Å². The van der Waals surface area contributed by atoms with Gasteiger partial charge < -0.3 is 55.5 Å². The molecule has 0 radical (unpaired) electrons. The number of nitrogens with one attached hydrogen (secondary N) is 4. The molecule has 8 aliphatic rings. The normalized spacial score (nSPS) is 34.4. The van der Waals surface area contributed by atoms with E-state index in [9.17, 15) is 43.8 Å². The number of ether oxygens (including phenoxy) is 4. The second kappa shape index (κ2) is 18.6. The summed E-state index contributed by atoms with van der Waals surface area (Å²) in [5.74, 6) is 1.63. The summed E-state index contributed by atoms with van der Waals surface area (Å²) in [6.45, 7) is 2.36. The smallest absolute Gasteiger partial charge is 0.407 e. The standard InChI is InChI=1S/C50H59N5O15/c1-46-16-15-31(57)17-29(46)7-12-33-34-18-38-50(37(59)21-56,47(34,2)19-36(58)42(33)46)70-44(68-38)28-5-10-32(11-6-28)69-49-24-48(25-49,26-49)55-45(65)66-22-27-3-8-30(9-4-27)53-43(64)35(13-14-41(62)63)54-39(60)20-52-40(61)23-67-51/h3-6,8-11,15-17,33-36,38,42,44,56,58H,7,12-14,18-26,51H2,1-2H3,(H,52,61)(H,53,64)(H,54,60)(H,55,65)(H,62,63)/t33-,34-,35-,36-,38+,42+,44+,46-,47-,48?,49?,50+/m0/s1. The number of fused-ring (bicyclic) bond motifs is 7. The number of rotatable bonds is 18. The number of carbonyl (C=O) groups is 7. The van der Waals surface area contributed by atoms with Gasteiger partial charge in [0.05, 0.1) is 24.3 Å². The van der Waals surface area contributed by atoms with E-state index in [1.54, 1.807) is 36.4 Å². The Morgan fingerprint density at radius 2 is 1.71 bits per heavy atom. The fourth-order valence-corrected chi connectivity index (χ4v) is 13.1. The van der Waals surface area contributed by atoms with Crippen LogP contribution in [0.1, 0.15) is 89.1 Å². The van der Waals surface area contributed by atoms with E-state index >= 15 is 0 Å². The Kier molecular flexibility index (Phi) is 13.0. The molecular formula is C50H59N5O15. The molecule has 1 aliphatic heterocycles. The van der Waals surface area contributed by atoms with Crippen molar-refractivity contribution in [2.45, 2.75) is 120 Å². The maximum atomic E-state index is 14.0. The van der Waals surface area contributed by atoms with Crippen molar-refractivity contribution in [1.82, 2.24) is 16.0 Å². The van der Waals surface area contributed by atoms with Gasteiger partial charge in [0.15, 0.2) is 23.5 Å². The van der Waals surface area contributed by atoms with Crippen LogP contribution < -0.4 is 31.9 Å². The van der Waals surface area contributed by atoms with E-state index in [2.05, 4.69) is 33.0 Å². The van der Waals surface area contributed by atoms with Gasteiger partial charge in [-0.2, -0.15) is 0 Å². The Morgan fingerprint density at radius 1 is 0.986 bits per heavy atom. The molecule has 70 heavy (non-hydrogen) atoms. The summed E-state index contributed by atoms with van der Waals surface area (Å²) in [7, 11) is 0. The van der Waals surface area contributed by atoms with Crippen LogP contribution >= 0.6 is 0 Å². The average molecular weight is 970 g/mol. The number of alkyl carbamates (subject to hydrolysis) is 1. The summed E-state index contributed by atoms with van der Waals surface area (Å²) in [5, 5.41) is 41.7. The van der Waals surface area contributed by atoms with Crippen LogP contribution in [-0.2, 0) is 54.4 Å². The summed E-state index contributed by atoms with van der Waals surface area (Å²) in [6, 6.07) is 12.5. The number of anilines is 1. The number of Topliss-reactive ketones (excluding diaryl/α,β-unsaturated/α-hetero) is 1. The lowest BCUT2D eigenvalue weighted by Crippen LogP contribution is -2.80. The second-order valence-electron chi connectivity index (χ2n) is 20.5. The maximum Gasteiger partial charge on any atom is 0.407 e. The highest BCUT2D eigenvalue weighted by atomic mass is 16.7. The zero-order valence-electron chi connectivity index (χ0n) is 38.9. The second-order valence-corrected chi connectivity index (χ2v) is 20.5. The first-order valence-electron chi connectivity index (χ1n) is 23.7. The van der Waals surface area contributed by atoms with Crippen LogP contribution in [0.3, 0.4) is 0 Å². The molecule has 4 amide bonds. The Hall–Kier alpha value is -6.03. The van der Waals surface area contributed by atoms with Crippen molar-refractivity contribution in [3.63, 3.8) is 0 Å². The molecule has 7 aliphatic carbocycles. The summed E-state index contributed by atoms with van der Waals surface area (Å²) in [6.07, 6.45) is 5.82. The van der Waals surface area contributed by atoms with Gasteiger partial charge in [0.1, 0.15) is 37.2 Å². The summed E-state index contributed by atoms with van der Waals surface area (Å²) in [5.41, 5.74) is -0.966. The molecule has 9 N–H and O–H groups in total. The third-order valence-corrected chi connectivity index (χ3v) is 16.2. The minimum absolute atomic E-state index is 0.0183. The van der Waals surface area contributed by atoms with Crippen LogP contribution in [0.15, 0.2) is 72.3 Å². The first kappa shape index (κ1) is 49.0. The van der Waals surface area contributed by atoms with Gasteiger partial charge in [0.2, 0.25) is 17.7 Å². The molecule has 6 saturated carbocycles. The average Bonchev–Trinajstić information content (AvgIpc) is 3.81. The number of aliphatic carboxylic acids is 1. The van der Waals surface area contributed by atoms with Crippen LogP contribution in [0, 0.1) is 28.6 Å². The maximum absolute atomic E-state index is 14.0. The largest absolute Gasteiger partial charge is 0.487 e. The van der Waals surface area contributed by atoms with Crippen LogP contribution in [0.2, 0.25) is 0 Å². The third-order valence-electron chi connectivity index (χ3n) is 16.2. The van der Waals surface area contributed by atoms with Crippen molar-refractivity contribution >= 4 is 47.0 Å². The van der Waals surface area contributed by atoms with Crippen molar-refractivity contribution in [2.24, 2.45) is 34.5 Å². The van der Waals surface area contributed by atoms with E-state index in [4.69, 9.17) is 30.0 Å². The Bertz CT molecular complexity index is 2490. The molecule has 10 rings (SSSR count). The fraction of sp³-hybridized carbons (Fsp3) is 0.540. The molecule has 7 fully saturated rings. The third kappa shape index (κ3) is 8.78. The van der Waals surface area contributed by atoms with Crippen LogP contribution in [0.5, 0.6) is 5.75 Å². The van der Waals surface area contributed by atoms with Crippen LogP contribution in [-0.4, -0.2) is 111 Å². The van der Waals surface area contributed by atoms with Crippen LogP contribution in [0.4, 0.5) is 10.5 Å². The minimum Gasteiger partial charge on any atom is -0.487 e. The molecule has 0 spiro atoms. The lowest BCUT2D eigenvalue weighted by molar-refractivity contribution is -0.201. The van der Waals surface area contributed by atoms with Crippen molar-refractivity contribution < 1.29 is 72.7 Å². The molecule has 374 valence electrons. The van der Waals surface area contributed by atoms with Crippen molar-refractivity contribution in [1.29, 1.82) is 0 Å². The first-order chi connectivity index (χ1) is 33.3. The van der Waals surface area contributed by atoms with E-state index in [1.165, 1.54) is 0 Å². The summed E-state index contributed by atoms with van der Waals surface area (Å²) < 4.78 is 25.3. The van der Waals surface area contributed by atoms with Crippen molar-refractivity contribution in [3.8, 4) is 5.75 Å². The number of carboxylic acid groups (broad SMARTS) is 1. The van der Waals surface area contributed by atoms with Gasteiger partial charge >= 0.3 is 12.1 Å². The molecule has 0 aromatic heterocycles. The summed E-state index contributed by atoms with van der Waals surface area (Å²) in [4.78, 5) is 91.3. The van der Waals surface area contributed by atoms with Crippen molar-refractivity contribution in [2.75, 3.05) is 25.1 Å². The molecule has 20 heteroatoms. The molecular weight excluding hydrogens is 911 g/mol. The molecule has 1 saturated heterocycles. The topological polar surface area (TPSA) is 300 Å². The molecule has 2 bridgehead atoms. The zero-order chi connectivity index (χ0) is 49.8. The van der Waals surface area contributed by atoms with Gasteiger partial charge in [0, 0.05) is 53.7 Å². The monoisotopic (exact) mass is 969 g/mol. The predicted molar refractivity (Wildman–Crippen MR) is 244 cm³/mol. The van der Waals surface area contributed by atoms with E-state index in [0.717, 1.165) is 18.4 Å². The van der Waals surface area contributed by atoms with E-state index < -0.39 is 114 Å². The molecule has 20 nitrogen and oxygen atoms in total.